The predicted molar refractivity (Wildman–Crippen MR) is 78.7 cm³/mol. The van der Waals surface area contributed by atoms with Crippen molar-refractivity contribution in [2.45, 2.75) is 17.9 Å². The van der Waals surface area contributed by atoms with Crippen LogP contribution in [-0.4, -0.2) is 8.42 Å². The fourth-order valence-corrected chi connectivity index (χ4v) is 3.03. The molecule has 0 saturated heterocycles. The van der Waals surface area contributed by atoms with Gasteiger partial charge in [-0.25, -0.2) is 4.18 Å². The first kappa shape index (κ1) is 14.6. The van der Waals surface area contributed by atoms with Crippen LogP contribution in [-0.2, 0) is 14.3 Å². The predicted octanol–water partition coefficient (Wildman–Crippen LogP) is 3.68. The Labute approximate surface area is 128 Å². The SMILES string of the molecule is Cc1ccc(S(=O)(=O)OC(c2ccco2)c2ccco2)cc1. The molecule has 3 aromatic rings. The largest absolute Gasteiger partial charge is 0.466 e. The van der Waals surface area contributed by atoms with Crippen molar-refractivity contribution in [3.8, 4) is 0 Å². The molecule has 0 unspecified atom stereocenters. The lowest BCUT2D eigenvalue weighted by Crippen LogP contribution is -2.12. The zero-order valence-corrected chi connectivity index (χ0v) is 12.6. The highest BCUT2D eigenvalue weighted by Crippen LogP contribution is 2.30. The first-order chi connectivity index (χ1) is 10.6. The van der Waals surface area contributed by atoms with Gasteiger partial charge in [-0.1, -0.05) is 17.7 Å². The normalized spacial score (nSPS) is 11.9. The smallest absolute Gasteiger partial charge is 0.298 e. The van der Waals surface area contributed by atoms with Crippen LogP contribution in [0.1, 0.15) is 23.2 Å². The van der Waals surface area contributed by atoms with Crippen LogP contribution in [0.15, 0.2) is 74.8 Å². The molecule has 114 valence electrons. The lowest BCUT2D eigenvalue weighted by atomic mass is 10.2. The van der Waals surface area contributed by atoms with Crippen LogP contribution in [0.4, 0.5) is 0 Å². The molecule has 0 amide bonds. The van der Waals surface area contributed by atoms with Crippen LogP contribution >= 0.6 is 0 Å². The van der Waals surface area contributed by atoms with E-state index in [-0.39, 0.29) is 4.90 Å². The van der Waals surface area contributed by atoms with Gasteiger partial charge in [0.1, 0.15) is 11.5 Å². The maximum absolute atomic E-state index is 12.4. The summed E-state index contributed by atoms with van der Waals surface area (Å²) in [6, 6.07) is 13.0. The number of hydrogen-bond donors (Lipinski definition) is 0. The maximum Gasteiger partial charge on any atom is 0.298 e. The van der Waals surface area contributed by atoms with Crippen molar-refractivity contribution in [3.05, 3.63) is 78.1 Å². The molecular formula is C16H14O5S. The van der Waals surface area contributed by atoms with Crippen molar-refractivity contribution >= 4 is 10.1 Å². The standard InChI is InChI=1S/C16H14O5S/c1-12-6-8-13(9-7-12)22(17,18)21-16(14-4-2-10-19-14)15-5-3-11-20-15/h2-11,16H,1H3. The van der Waals surface area contributed by atoms with Crippen LogP contribution in [0, 0.1) is 6.92 Å². The second-order valence-corrected chi connectivity index (χ2v) is 6.35. The number of hydrogen-bond acceptors (Lipinski definition) is 5. The zero-order chi connectivity index (χ0) is 15.6. The summed E-state index contributed by atoms with van der Waals surface area (Å²) in [5.74, 6) is 0.705. The Morgan fingerprint density at radius 1 is 0.909 bits per heavy atom. The van der Waals surface area contributed by atoms with E-state index in [1.165, 1.54) is 24.7 Å². The monoisotopic (exact) mass is 318 g/mol. The lowest BCUT2D eigenvalue weighted by molar-refractivity contribution is 0.193. The van der Waals surface area contributed by atoms with Gasteiger partial charge in [0.15, 0.2) is 6.10 Å². The molecule has 0 aliphatic rings. The van der Waals surface area contributed by atoms with Gasteiger partial charge in [-0.3, -0.25) is 0 Å². The summed E-state index contributed by atoms with van der Waals surface area (Å²) in [6.07, 6.45) is 1.94. The second-order valence-electron chi connectivity index (χ2n) is 4.77. The topological polar surface area (TPSA) is 69.7 Å². The third-order valence-electron chi connectivity index (χ3n) is 3.14. The van der Waals surface area contributed by atoms with Crippen LogP contribution in [0.5, 0.6) is 0 Å². The summed E-state index contributed by atoms with van der Waals surface area (Å²) in [5, 5.41) is 0. The molecule has 2 heterocycles. The van der Waals surface area contributed by atoms with Gasteiger partial charge in [0.25, 0.3) is 10.1 Å². The highest BCUT2D eigenvalue weighted by atomic mass is 32.2. The minimum absolute atomic E-state index is 0.0845. The van der Waals surface area contributed by atoms with Crippen molar-refractivity contribution in [2.24, 2.45) is 0 Å². The molecule has 1 aromatic carbocycles. The van der Waals surface area contributed by atoms with Gasteiger partial charge >= 0.3 is 0 Å². The molecule has 0 fully saturated rings. The molecule has 2 aromatic heterocycles. The van der Waals surface area contributed by atoms with Gasteiger partial charge in [0.05, 0.1) is 17.4 Å². The van der Waals surface area contributed by atoms with Crippen molar-refractivity contribution in [3.63, 3.8) is 0 Å². The Balaban J connectivity index is 1.95. The van der Waals surface area contributed by atoms with Gasteiger partial charge in [0, 0.05) is 0 Å². The zero-order valence-electron chi connectivity index (χ0n) is 11.8. The molecule has 0 aliphatic heterocycles. The maximum atomic E-state index is 12.4. The Kier molecular flexibility index (Phi) is 3.87. The minimum atomic E-state index is -3.95. The van der Waals surface area contributed by atoms with Crippen LogP contribution < -0.4 is 0 Å². The molecule has 0 radical (unpaired) electrons. The fraction of sp³-hybridized carbons (Fsp3) is 0.125. The van der Waals surface area contributed by atoms with Crippen LogP contribution in [0.2, 0.25) is 0 Å². The Bertz CT molecular complexity index is 781. The minimum Gasteiger partial charge on any atom is -0.466 e. The summed E-state index contributed by atoms with van der Waals surface area (Å²) in [7, 11) is -3.95. The lowest BCUT2D eigenvalue weighted by Gasteiger charge is -2.13. The van der Waals surface area contributed by atoms with E-state index >= 15 is 0 Å². The van der Waals surface area contributed by atoms with E-state index in [1.54, 1.807) is 36.4 Å². The first-order valence-corrected chi connectivity index (χ1v) is 8.04. The highest BCUT2D eigenvalue weighted by molar-refractivity contribution is 7.86. The highest BCUT2D eigenvalue weighted by Gasteiger charge is 2.28. The van der Waals surface area contributed by atoms with E-state index in [2.05, 4.69) is 0 Å². The Morgan fingerprint density at radius 2 is 1.45 bits per heavy atom. The Morgan fingerprint density at radius 3 is 1.91 bits per heavy atom. The van der Waals surface area contributed by atoms with Crippen molar-refractivity contribution in [1.29, 1.82) is 0 Å². The number of rotatable bonds is 5. The van der Waals surface area contributed by atoms with E-state index < -0.39 is 16.2 Å². The number of furan rings is 2. The summed E-state index contributed by atoms with van der Waals surface area (Å²) in [5.41, 5.74) is 0.965. The van der Waals surface area contributed by atoms with Crippen molar-refractivity contribution in [1.82, 2.24) is 0 Å². The van der Waals surface area contributed by atoms with Crippen LogP contribution in [0.25, 0.3) is 0 Å². The molecule has 0 aliphatic carbocycles. The van der Waals surface area contributed by atoms with Crippen molar-refractivity contribution < 1.29 is 21.4 Å². The van der Waals surface area contributed by atoms with Crippen molar-refractivity contribution in [2.75, 3.05) is 0 Å². The summed E-state index contributed by atoms with van der Waals surface area (Å²) in [4.78, 5) is 0.0845. The van der Waals surface area contributed by atoms with E-state index in [1.807, 2.05) is 6.92 Å². The van der Waals surface area contributed by atoms with E-state index in [4.69, 9.17) is 13.0 Å². The summed E-state index contributed by atoms with van der Waals surface area (Å²) in [6.45, 7) is 1.88. The Hall–Kier alpha value is -2.31. The van der Waals surface area contributed by atoms with E-state index in [9.17, 15) is 8.42 Å². The van der Waals surface area contributed by atoms with E-state index in [0.717, 1.165) is 5.56 Å². The molecule has 3 rings (SSSR count). The molecule has 0 N–H and O–H groups in total. The quantitative estimate of drug-likeness (QED) is 0.671. The molecule has 0 bridgehead atoms. The third kappa shape index (κ3) is 2.98. The third-order valence-corrected chi connectivity index (χ3v) is 4.43. The van der Waals surface area contributed by atoms with Gasteiger partial charge in [-0.05, 0) is 43.3 Å². The van der Waals surface area contributed by atoms with E-state index in [0.29, 0.717) is 11.5 Å². The average molecular weight is 318 g/mol. The summed E-state index contributed by atoms with van der Waals surface area (Å²) < 4.78 is 40.8. The molecular weight excluding hydrogens is 304 g/mol. The molecule has 22 heavy (non-hydrogen) atoms. The molecule has 0 atom stereocenters. The van der Waals surface area contributed by atoms with Crippen LogP contribution in [0.3, 0.4) is 0 Å². The average Bonchev–Trinajstić information content (AvgIpc) is 3.19. The summed E-state index contributed by atoms with van der Waals surface area (Å²) >= 11 is 0. The molecule has 0 saturated carbocycles. The number of benzene rings is 1. The van der Waals surface area contributed by atoms with Gasteiger partial charge in [0.2, 0.25) is 0 Å². The molecule has 6 heteroatoms. The molecule has 0 spiro atoms. The van der Waals surface area contributed by atoms with Gasteiger partial charge in [-0.2, -0.15) is 8.42 Å². The molecule has 5 nitrogen and oxygen atoms in total. The number of aryl methyl sites for hydroxylation is 1. The fourth-order valence-electron chi connectivity index (χ4n) is 2.00. The second kappa shape index (κ2) is 5.82. The first-order valence-electron chi connectivity index (χ1n) is 6.63. The van der Waals surface area contributed by atoms with Gasteiger partial charge < -0.3 is 8.83 Å². The van der Waals surface area contributed by atoms with Gasteiger partial charge in [-0.15, -0.1) is 0 Å².